The molecule has 156 valence electrons. The third-order valence-corrected chi connectivity index (χ3v) is 7.02. The second-order valence-corrected chi connectivity index (χ2v) is 9.20. The van der Waals surface area contributed by atoms with Crippen molar-refractivity contribution in [1.29, 1.82) is 0 Å². The van der Waals surface area contributed by atoms with Crippen molar-refractivity contribution in [2.24, 2.45) is 5.92 Å². The molecule has 0 saturated carbocycles. The van der Waals surface area contributed by atoms with Gasteiger partial charge in [0.1, 0.15) is 0 Å². The van der Waals surface area contributed by atoms with E-state index < -0.39 is 0 Å². The summed E-state index contributed by atoms with van der Waals surface area (Å²) in [4.78, 5) is 14.6. The fourth-order valence-electron chi connectivity index (χ4n) is 5.04. The van der Waals surface area contributed by atoms with E-state index in [1.165, 1.54) is 50.0 Å². The molecule has 1 aromatic rings. The number of aromatic nitrogens is 2. The maximum absolute atomic E-state index is 9.35. The zero-order valence-corrected chi connectivity index (χ0v) is 17.6. The monoisotopic (exact) mass is 387 g/mol. The molecular formula is C22H37N5O. The van der Waals surface area contributed by atoms with Gasteiger partial charge in [0, 0.05) is 49.6 Å². The van der Waals surface area contributed by atoms with E-state index in [0.717, 1.165) is 38.3 Å². The van der Waals surface area contributed by atoms with Gasteiger partial charge >= 0.3 is 0 Å². The number of fused-ring (bicyclic) bond motifs is 1. The number of likely N-dealkylation sites (tertiary alicyclic amines) is 1. The first-order valence-corrected chi connectivity index (χ1v) is 11.4. The number of anilines is 1. The smallest absolute Gasteiger partial charge is 0.225 e. The lowest BCUT2D eigenvalue weighted by atomic mass is 9.90. The molecule has 1 aliphatic carbocycles. The van der Waals surface area contributed by atoms with Crippen LogP contribution in [-0.2, 0) is 6.42 Å². The van der Waals surface area contributed by atoms with Crippen molar-refractivity contribution < 1.29 is 5.11 Å². The number of aliphatic hydroxyl groups excluding tert-OH is 1. The van der Waals surface area contributed by atoms with Crippen LogP contribution in [0.25, 0.3) is 0 Å². The van der Waals surface area contributed by atoms with Gasteiger partial charge in [0.25, 0.3) is 0 Å². The minimum atomic E-state index is 0.308. The quantitative estimate of drug-likeness (QED) is 0.809. The Kier molecular flexibility index (Phi) is 6.48. The Morgan fingerprint density at radius 2 is 1.86 bits per heavy atom. The Bertz CT molecular complexity index is 636. The van der Waals surface area contributed by atoms with Gasteiger partial charge in [-0.25, -0.2) is 9.97 Å². The standard InChI is InChI=1S/C22H37N5O/c1-16(2)26-12-8-18(9-13-26)24-20-4-3-5-21-19(20)14-23-22(25-21)27-10-6-17(15-28)7-11-27/h14,16-18,20,24,28H,3-13,15H2,1-2H3/t20-/m1/s1. The highest BCUT2D eigenvalue weighted by Gasteiger charge is 2.28. The van der Waals surface area contributed by atoms with Crippen LogP contribution < -0.4 is 10.2 Å². The van der Waals surface area contributed by atoms with E-state index >= 15 is 0 Å². The molecule has 0 radical (unpaired) electrons. The summed E-state index contributed by atoms with van der Waals surface area (Å²) in [5, 5.41) is 13.3. The number of nitrogens with one attached hydrogen (secondary N) is 1. The van der Waals surface area contributed by atoms with Crippen LogP contribution in [0.2, 0.25) is 0 Å². The number of piperidine rings is 2. The molecule has 2 N–H and O–H groups in total. The van der Waals surface area contributed by atoms with Crippen molar-refractivity contribution in [2.45, 2.75) is 76.9 Å². The summed E-state index contributed by atoms with van der Waals surface area (Å²) in [6.07, 6.45) is 10.1. The summed E-state index contributed by atoms with van der Waals surface area (Å²) in [7, 11) is 0. The number of hydrogen-bond acceptors (Lipinski definition) is 6. The molecule has 6 heteroatoms. The zero-order valence-electron chi connectivity index (χ0n) is 17.6. The molecule has 2 fully saturated rings. The molecule has 0 aromatic carbocycles. The van der Waals surface area contributed by atoms with Crippen LogP contribution in [0.4, 0.5) is 5.95 Å². The van der Waals surface area contributed by atoms with E-state index in [0.29, 0.717) is 30.7 Å². The molecule has 3 aliphatic rings. The maximum Gasteiger partial charge on any atom is 0.225 e. The highest BCUT2D eigenvalue weighted by Crippen LogP contribution is 2.31. The van der Waals surface area contributed by atoms with Gasteiger partial charge in [-0.05, 0) is 77.8 Å². The van der Waals surface area contributed by atoms with Crippen molar-refractivity contribution in [3.8, 4) is 0 Å². The highest BCUT2D eigenvalue weighted by molar-refractivity contribution is 5.36. The average molecular weight is 388 g/mol. The second-order valence-electron chi connectivity index (χ2n) is 9.20. The van der Waals surface area contributed by atoms with E-state index in [4.69, 9.17) is 9.97 Å². The topological polar surface area (TPSA) is 64.5 Å². The average Bonchev–Trinajstić information content (AvgIpc) is 2.74. The molecule has 4 rings (SSSR count). The fourth-order valence-corrected chi connectivity index (χ4v) is 5.04. The van der Waals surface area contributed by atoms with Crippen LogP contribution in [-0.4, -0.2) is 64.8 Å². The molecule has 1 atom stereocenters. The second kappa shape index (κ2) is 9.06. The minimum Gasteiger partial charge on any atom is -0.396 e. The Morgan fingerprint density at radius 1 is 1.11 bits per heavy atom. The lowest BCUT2D eigenvalue weighted by Gasteiger charge is -2.38. The third-order valence-electron chi connectivity index (χ3n) is 7.02. The van der Waals surface area contributed by atoms with Gasteiger partial charge in [0.05, 0.1) is 5.69 Å². The Morgan fingerprint density at radius 3 is 2.54 bits per heavy atom. The maximum atomic E-state index is 9.35. The van der Waals surface area contributed by atoms with E-state index in [1.54, 1.807) is 0 Å². The molecule has 0 unspecified atom stereocenters. The Labute approximate surface area is 169 Å². The Balaban J connectivity index is 1.38. The van der Waals surface area contributed by atoms with E-state index in [-0.39, 0.29) is 0 Å². The molecular weight excluding hydrogens is 350 g/mol. The van der Waals surface area contributed by atoms with Gasteiger partial charge < -0.3 is 20.2 Å². The molecule has 0 amide bonds. The normalized spacial score (nSPS) is 25.3. The van der Waals surface area contributed by atoms with E-state index in [1.807, 2.05) is 0 Å². The first kappa shape index (κ1) is 20.0. The van der Waals surface area contributed by atoms with Crippen LogP contribution in [0.5, 0.6) is 0 Å². The summed E-state index contributed by atoms with van der Waals surface area (Å²) < 4.78 is 0. The molecule has 6 nitrogen and oxygen atoms in total. The summed E-state index contributed by atoms with van der Waals surface area (Å²) in [6, 6.07) is 1.68. The van der Waals surface area contributed by atoms with Gasteiger partial charge in [-0.2, -0.15) is 0 Å². The summed E-state index contributed by atoms with van der Waals surface area (Å²) >= 11 is 0. The number of nitrogens with zero attached hydrogens (tertiary/aromatic N) is 4. The van der Waals surface area contributed by atoms with Crippen molar-refractivity contribution in [3.63, 3.8) is 0 Å². The van der Waals surface area contributed by atoms with E-state index in [9.17, 15) is 5.11 Å². The SMILES string of the molecule is CC(C)N1CCC(N[C@@H]2CCCc3nc(N4CCC(CO)CC4)ncc32)CC1. The summed E-state index contributed by atoms with van der Waals surface area (Å²) in [5.41, 5.74) is 2.57. The van der Waals surface area contributed by atoms with Crippen LogP contribution in [0.1, 0.15) is 69.7 Å². The number of aryl methyl sites for hydroxylation is 1. The van der Waals surface area contributed by atoms with Gasteiger partial charge in [-0.15, -0.1) is 0 Å². The third kappa shape index (κ3) is 4.50. The minimum absolute atomic E-state index is 0.308. The van der Waals surface area contributed by atoms with Crippen LogP contribution >= 0.6 is 0 Å². The van der Waals surface area contributed by atoms with Crippen LogP contribution in [0, 0.1) is 5.92 Å². The lowest BCUT2D eigenvalue weighted by Crippen LogP contribution is -2.46. The lowest BCUT2D eigenvalue weighted by molar-refractivity contribution is 0.154. The predicted octanol–water partition coefficient (Wildman–Crippen LogP) is 2.53. The van der Waals surface area contributed by atoms with Gasteiger partial charge in [-0.3, -0.25) is 0 Å². The van der Waals surface area contributed by atoms with Gasteiger partial charge in [-0.1, -0.05) is 0 Å². The number of rotatable bonds is 5. The van der Waals surface area contributed by atoms with Crippen molar-refractivity contribution >= 4 is 5.95 Å². The number of hydrogen-bond donors (Lipinski definition) is 2. The van der Waals surface area contributed by atoms with Crippen LogP contribution in [0.15, 0.2) is 6.20 Å². The van der Waals surface area contributed by atoms with Crippen molar-refractivity contribution in [2.75, 3.05) is 37.7 Å². The fraction of sp³-hybridized carbons (Fsp3) is 0.818. The zero-order chi connectivity index (χ0) is 19.5. The van der Waals surface area contributed by atoms with Gasteiger partial charge in [0.15, 0.2) is 0 Å². The first-order chi connectivity index (χ1) is 13.6. The van der Waals surface area contributed by atoms with Gasteiger partial charge in [0.2, 0.25) is 5.95 Å². The molecule has 2 saturated heterocycles. The molecule has 1 aromatic heterocycles. The summed E-state index contributed by atoms with van der Waals surface area (Å²) in [6.45, 7) is 9.23. The van der Waals surface area contributed by atoms with Crippen molar-refractivity contribution in [1.82, 2.24) is 20.2 Å². The first-order valence-electron chi connectivity index (χ1n) is 11.4. The van der Waals surface area contributed by atoms with Crippen molar-refractivity contribution in [3.05, 3.63) is 17.5 Å². The molecule has 2 aliphatic heterocycles. The highest BCUT2D eigenvalue weighted by atomic mass is 16.3. The summed E-state index contributed by atoms with van der Waals surface area (Å²) in [5.74, 6) is 1.34. The molecule has 3 heterocycles. The molecule has 0 bridgehead atoms. The molecule has 0 spiro atoms. The number of aliphatic hydroxyl groups is 1. The predicted molar refractivity (Wildman–Crippen MR) is 113 cm³/mol. The van der Waals surface area contributed by atoms with Crippen LogP contribution in [0.3, 0.4) is 0 Å². The van der Waals surface area contributed by atoms with E-state index in [2.05, 4.69) is 35.2 Å². The Hall–Kier alpha value is -1.24. The molecule has 28 heavy (non-hydrogen) atoms. The largest absolute Gasteiger partial charge is 0.396 e.